The van der Waals surface area contributed by atoms with E-state index in [4.69, 9.17) is 0 Å². The van der Waals surface area contributed by atoms with Gasteiger partial charge in [-0.2, -0.15) is 13.2 Å². The molecule has 1 amide bonds. The Kier molecular flexibility index (Phi) is 5.32. The van der Waals surface area contributed by atoms with Crippen LogP contribution in [0.15, 0.2) is 35.7 Å². The first kappa shape index (κ1) is 21.2. The number of thiophene rings is 1. The molecule has 32 heavy (non-hydrogen) atoms. The van der Waals surface area contributed by atoms with E-state index >= 15 is 0 Å². The van der Waals surface area contributed by atoms with Gasteiger partial charge in [0.1, 0.15) is 11.2 Å². The lowest BCUT2D eigenvalue weighted by atomic mass is 9.89. The SMILES string of the molecule is CC1CCc2c(sc3ncn4c(SCC(=O)Nc5ccccc5C(F)(F)F)nnc4c23)C1. The van der Waals surface area contributed by atoms with Crippen LogP contribution in [0.2, 0.25) is 0 Å². The van der Waals surface area contributed by atoms with Gasteiger partial charge in [-0.1, -0.05) is 30.8 Å². The number of carbonyl (C=O) groups is 1. The van der Waals surface area contributed by atoms with Crippen molar-refractivity contribution >= 4 is 50.6 Å². The fraction of sp³-hybridized carbons (Fsp3) is 0.333. The van der Waals surface area contributed by atoms with Gasteiger partial charge >= 0.3 is 6.18 Å². The molecule has 1 atom stereocenters. The van der Waals surface area contributed by atoms with Crippen molar-refractivity contribution in [2.24, 2.45) is 5.92 Å². The largest absolute Gasteiger partial charge is 0.418 e. The number of nitrogens with one attached hydrogen (secondary N) is 1. The highest BCUT2D eigenvalue weighted by atomic mass is 32.2. The number of fused-ring (bicyclic) bond motifs is 5. The summed E-state index contributed by atoms with van der Waals surface area (Å²) in [6.45, 7) is 2.25. The van der Waals surface area contributed by atoms with Gasteiger partial charge in [0.2, 0.25) is 5.91 Å². The van der Waals surface area contributed by atoms with E-state index in [9.17, 15) is 18.0 Å². The monoisotopic (exact) mass is 477 g/mol. The minimum Gasteiger partial charge on any atom is -0.325 e. The fourth-order valence-electron chi connectivity index (χ4n) is 3.97. The molecule has 0 spiro atoms. The summed E-state index contributed by atoms with van der Waals surface area (Å²) < 4.78 is 41.2. The van der Waals surface area contributed by atoms with Crippen LogP contribution in [0.3, 0.4) is 0 Å². The van der Waals surface area contributed by atoms with Gasteiger partial charge in [-0.05, 0) is 42.9 Å². The smallest absolute Gasteiger partial charge is 0.325 e. The van der Waals surface area contributed by atoms with E-state index in [1.807, 2.05) is 0 Å². The van der Waals surface area contributed by atoms with Crippen molar-refractivity contribution < 1.29 is 18.0 Å². The highest BCUT2D eigenvalue weighted by Gasteiger charge is 2.33. The summed E-state index contributed by atoms with van der Waals surface area (Å²) in [4.78, 5) is 19.2. The third-order valence-corrected chi connectivity index (χ3v) is 7.62. The molecule has 0 radical (unpaired) electrons. The predicted molar refractivity (Wildman–Crippen MR) is 118 cm³/mol. The Morgan fingerprint density at radius 2 is 2.12 bits per heavy atom. The highest BCUT2D eigenvalue weighted by molar-refractivity contribution is 7.99. The van der Waals surface area contributed by atoms with Crippen LogP contribution in [-0.4, -0.2) is 31.2 Å². The number of carbonyl (C=O) groups excluding carboxylic acids is 1. The van der Waals surface area contributed by atoms with Crippen LogP contribution in [0.5, 0.6) is 0 Å². The molecule has 0 saturated carbocycles. The first-order chi connectivity index (χ1) is 15.3. The molecule has 4 aromatic rings. The van der Waals surface area contributed by atoms with Gasteiger partial charge in [0.25, 0.3) is 0 Å². The molecule has 6 nitrogen and oxygen atoms in total. The normalized spacial score (nSPS) is 16.4. The number of alkyl halides is 3. The van der Waals surface area contributed by atoms with Crippen LogP contribution < -0.4 is 5.32 Å². The second kappa shape index (κ2) is 8.04. The van der Waals surface area contributed by atoms with Crippen molar-refractivity contribution in [2.75, 3.05) is 11.1 Å². The van der Waals surface area contributed by atoms with Crippen molar-refractivity contribution in [1.82, 2.24) is 19.6 Å². The number of nitrogens with zero attached hydrogens (tertiary/aromatic N) is 4. The van der Waals surface area contributed by atoms with Crippen molar-refractivity contribution in [3.8, 4) is 0 Å². The van der Waals surface area contributed by atoms with Crippen molar-refractivity contribution in [3.05, 3.63) is 46.6 Å². The number of thioether (sulfide) groups is 1. The molecule has 0 bridgehead atoms. The van der Waals surface area contributed by atoms with Gasteiger partial charge in [0, 0.05) is 4.88 Å². The number of aromatic nitrogens is 4. The average molecular weight is 478 g/mol. The Balaban J connectivity index is 1.37. The molecular formula is C21H18F3N5OS2. The molecule has 3 aromatic heterocycles. The molecule has 1 aromatic carbocycles. The maximum absolute atomic E-state index is 13.1. The van der Waals surface area contributed by atoms with Crippen LogP contribution in [0, 0.1) is 5.92 Å². The lowest BCUT2D eigenvalue weighted by Crippen LogP contribution is -2.18. The Bertz CT molecular complexity index is 1330. The predicted octanol–water partition coefficient (Wildman–Crippen LogP) is 5.21. The van der Waals surface area contributed by atoms with Crippen LogP contribution in [-0.2, 0) is 23.8 Å². The van der Waals surface area contributed by atoms with Gasteiger partial charge in [-0.25, -0.2) is 4.98 Å². The Hall–Kier alpha value is -2.66. The Morgan fingerprint density at radius 3 is 2.94 bits per heavy atom. The molecule has 1 N–H and O–H groups in total. The van der Waals surface area contributed by atoms with Crippen LogP contribution in [0.4, 0.5) is 18.9 Å². The van der Waals surface area contributed by atoms with Gasteiger partial charge in [0.15, 0.2) is 10.8 Å². The van der Waals surface area contributed by atoms with Gasteiger partial charge in [-0.15, -0.1) is 21.5 Å². The third-order valence-electron chi connectivity index (χ3n) is 5.51. The van der Waals surface area contributed by atoms with Crippen LogP contribution >= 0.6 is 23.1 Å². The number of hydrogen-bond donors (Lipinski definition) is 1. The number of aryl methyl sites for hydroxylation is 1. The lowest BCUT2D eigenvalue weighted by Gasteiger charge is -2.17. The number of halogens is 3. The molecule has 3 heterocycles. The van der Waals surface area contributed by atoms with Crippen molar-refractivity contribution in [2.45, 2.75) is 37.5 Å². The van der Waals surface area contributed by atoms with E-state index in [0.717, 1.165) is 47.3 Å². The van der Waals surface area contributed by atoms with Crippen LogP contribution in [0.1, 0.15) is 29.3 Å². The van der Waals surface area contributed by atoms with E-state index in [2.05, 4.69) is 27.4 Å². The minimum absolute atomic E-state index is 0.107. The van der Waals surface area contributed by atoms with E-state index in [1.54, 1.807) is 22.1 Å². The molecule has 0 aliphatic heterocycles. The van der Waals surface area contributed by atoms with E-state index in [1.165, 1.54) is 28.6 Å². The maximum atomic E-state index is 13.1. The Morgan fingerprint density at radius 1 is 1.31 bits per heavy atom. The second-order valence-electron chi connectivity index (χ2n) is 7.83. The maximum Gasteiger partial charge on any atom is 0.418 e. The third kappa shape index (κ3) is 3.83. The zero-order valence-electron chi connectivity index (χ0n) is 16.9. The van der Waals surface area contributed by atoms with Crippen LogP contribution in [0.25, 0.3) is 15.9 Å². The molecule has 1 aliphatic rings. The molecule has 1 aliphatic carbocycles. The summed E-state index contributed by atoms with van der Waals surface area (Å²) in [6.07, 6.45) is 0.234. The first-order valence-electron chi connectivity index (χ1n) is 10.0. The summed E-state index contributed by atoms with van der Waals surface area (Å²) in [5.41, 5.74) is 0.840. The quantitative estimate of drug-likeness (QED) is 0.409. The van der Waals surface area contributed by atoms with E-state index < -0.39 is 17.6 Å². The summed E-state index contributed by atoms with van der Waals surface area (Å²) >= 11 is 2.80. The zero-order valence-corrected chi connectivity index (χ0v) is 18.6. The number of amides is 1. The summed E-state index contributed by atoms with van der Waals surface area (Å²) in [7, 11) is 0. The molecule has 166 valence electrons. The molecule has 0 fully saturated rings. The topological polar surface area (TPSA) is 72.2 Å². The molecule has 11 heteroatoms. The first-order valence-corrected chi connectivity index (χ1v) is 11.8. The summed E-state index contributed by atoms with van der Waals surface area (Å²) in [6, 6.07) is 4.91. The number of para-hydroxylation sites is 1. The van der Waals surface area contributed by atoms with Gasteiger partial charge < -0.3 is 5.32 Å². The highest BCUT2D eigenvalue weighted by Crippen LogP contribution is 2.39. The van der Waals surface area contributed by atoms with E-state index in [-0.39, 0.29) is 11.4 Å². The minimum atomic E-state index is -4.55. The number of rotatable bonds is 4. The lowest BCUT2D eigenvalue weighted by molar-refractivity contribution is -0.137. The number of benzene rings is 1. The Labute approximate surface area is 189 Å². The second-order valence-corrected chi connectivity index (χ2v) is 9.86. The number of hydrogen-bond acceptors (Lipinski definition) is 6. The van der Waals surface area contributed by atoms with Gasteiger partial charge in [-0.3, -0.25) is 9.20 Å². The van der Waals surface area contributed by atoms with Crippen molar-refractivity contribution in [1.29, 1.82) is 0 Å². The summed E-state index contributed by atoms with van der Waals surface area (Å²) in [5, 5.41) is 12.4. The summed E-state index contributed by atoms with van der Waals surface area (Å²) in [5.74, 6) is -0.0134. The standard InChI is InChI=1S/C21H18F3N5OS2/c1-11-6-7-12-15(8-11)32-19-17(12)18-27-28-20(29(18)10-25-19)31-9-16(30)26-14-5-3-2-4-13(14)21(22,23)24/h2-5,10-11H,6-9H2,1H3,(H,26,30). The van der Waals surface area contributed by atoms with Gasteiger partial charge in [0.05, 0.1) is 22.4 Å². The zero-order chi connectivity index (χ0) is 22.5. The fourth-order valence-corrected chi connectivity index (χ4v) is 6.02. The molecule has 0 saturated heterocycles. The average Bonchev–Trinajstić information content (AvgIpc) is 3.32. The van der Waals surface area contributed by atoms with Crippen molar-refractivity contribution in [3.63, 3.8) is 0 Å². The van der Waals surface area contributed by atoms with E-state index in [0.29, 0.717) is 16.7 Å². The molecule has 5 rings (SSSR count). The number of anilines is 1. The molecule has 1 unspecified atom stereocenters. The molecular weight excluding hydrogens is 459 g/mol.